The molecule has 2 N–H and O–H groups in total. The minimum Gasteiger partial charge on any atom is -0.461 e. The number of carbonyl (C=O) groups is 1. The van der Waals surface area contributed by atoms with E-state index >= 15 is 0 Å². The molecule has 0 bridgehead atoms. The van der Waals surface area contributed by atoms with Gasteiger partial charge < -0.3 is 4.74 Å². The molecule has 2 rings (SSSR count). The van der Waals surface area contributed by atoms with Gasteiger partial charge in [0, 0.05) is 6.07 Å². The van der Waals surface area contributed by atoms with Gasteiger partial charge in [-0.3, -0.25) is 14.4 Å². The van der Waals surface area contributed by atoms with Crippen LogP contribution in [-0.2, 0) is 14.9 Å². The highest BCUT2D eigenvalue weighted by molar-refractivity contribution is 7.85. The lowest BCUT2D eigenvalue weighted by molar-refractivity contribution is 0.0519. The zero-order valence-corrected chi connectivity index (χ0v) is 11.8. The van der Waals surface area contributed by atoms with Gasteiger partial charge in [0.15, 0.2) is 0 Å². The highest BCUT2D eigenvalue weighted by Crippen LogP contribution is 2.12. The molecule has 0 aliphatic heterocycles. The molecule has 0 aliphatic carbocycles. The number of rotatable bonds is 4. The number of H-pyrrole nitrogens is 1. The Morgan fingerprint density at radius 1 is 1.33 bits per heavy atom. The van der Waals surface area contributed by atoms with Crippen molar-refractivity contribution in [2.45, 2.75) is 11.8 Å². The van der Waals surface area contributed by atoms with E-state index in [-0.39, 0.29) is 17.2 Å². The zero-order valence-electron chi connectivity index (χ0n) is 10.9. The van der Waals surface area contributed by atoms with Gasteiger partial charge in [-0.25, -0.2) is 9.48 Å². The molecule has 0 fully saturated rings. The minimum atomic E-state index is -4.30. The second kappa shape index (κ2) is 5.54. The van der Waals surface area contributed by atoms with Crippen LogP contribution >= 0.6 is 0 Å². The zero-order chi connectivity index (χ0) is 15.6. The maximum atomic E-state index is 11.8. The van der Waals surface area contributed by atoms with Crippen molar-refractivity contribution in [1.29, 1.82) is 0 Å². The summed E-state index contributed by atoms with van der Waals surface area (Å²) in [4.78, 5) is 23.0. The number of ether oxygens (including phenoxy) is 1. The third-order valence-corrected chi connectivity index (χ3v) is 3.48. The van der Waals surface area contributed by atoms with Crippen LogP contribution in [0.15, 0.2) is 40.0 Å². The number of hydrogen-bond donors (Lipinski definition) is 2. The Bertz CT molecular complexity index is 816. The number of aromatic amines is 1. The molecule has 0 radical (unpaired) electrons. The third-order valence-electron chi connectivity index (χ3n) is 2.61. The average Bonchev–Trinajstić information content (AvgIpc) is 2.80. The second-order valence-corrected chi connectivity index (χ2v) is 5.45. The van der Waals surface area contributed by atoms with Gasteiger partial charge in [0.2, 0.25) is 0 Å². The van der Waals surface area contributed by atoms with Crippen LogP contribution in [0.1, 0.15) is 17.4 Å². The summed E-state index contributed by atoms with van der Waals surface area (Å²) in [5.41, 5.74) is -0.207. The van der Waals surface area contributed by atoms with E-state index in [1.807, 2.05) is 0 Å². The van der Waals surface area contributed by atoms with E-state index in [0.29, 0.717) is 5.69 Å². The highest BCUT2D eigenvalue weighted by Gasteiger charge is 2.14. The van der Waals surface area contributed by atoms with Crippen molar-refractivity contribution in [2.75, 3.05) is 6.61 Å². The molecule has 21 heavy (non-hydrogen) atoms. The summed E-state index contributed by atoms with van der Waals surface area (Å²) in [5.74, 6) is -0.664. The molecule has 112 valence electrons. The van der Waals surface area contributed by atoms with Crippen LogP contribution in [0.5, 0.6) is 0 Å². The SMILES string of the molecule is CCOC(=O)c1cc(=O)n(-c2ccc(S(=O)(=O)O)cc2)[nH]1. The monoisotopic (exact) mass is 312 g/mol. The van der Waals surface area contributed by atoms with Crippen molar-refractivity contribution in [3.05, 3.63) is 46.4 Å². The number of aromatic nitrogens is 2. The topological polar surface area (TPSA) is 118 Å². The summed E-state index contributed by atoms with van der Waals surface area (Å²) < 4.78 is 36.6. The molecule has 1 aromatic carbocycles. The molecule has 0 saturated carbocycles. The first-order chi connectivity index (χ1) is 9.82. The molecule has 0 saturated heterocycles. The summed E-state index contributed by atoms with van der Waals surface area (Å²) in [5, 5.41) is 2.56. The Morgan fingerprint density at radius 2 is 1.95 bits per heavy atom. The number of esters is 1. The van der Waals surface area contributed by atoms with Crippen molar-refractivity contribution in [2.24, 2.45) is 0 Å². The van der Waals surface area contributed by atoms with Crippen LogP contribution in [0.3, 0.4) is 0 Å². The predicted molar refractivity (Wildman–Crippen MR) is 72.2 cm³/mol. The van der Waals surface area contributed by atoms with Gasteiger partial charge in [-0.05, 0) is 31.2 Å². The number of nitrogens with zero attached hydrogens (tertiary/aromatic N) is 1. The van der Waals surface area contributed by atoms with Crippen molar-refractivity contribution in [3.63, 3.8) is 0 Å². The quantitative estimate of drug-likeness (QED) is 0.630. The summed E-state index contributed by atoms with van der Waals surface area (Å²) in [6, 6.07) is 5.99. The molecule has 0 aliphatic rings. The average molecular weight is 312 g/mol. The van der Waals surface area contributed by atoms with Crippen LogP contribution in [0.2, 0.25) is 0 Å². The molecule has 9 heteroatoms. The van der Waals surface area contributed by atoms with Crippen LogP contribution in [0.25, 0.3) is 5.69 Å². The fourth-order valence-electron chi connectivity index (χ4n) is 1.67. The molecule has 1 heterocycles. The van der Waals surface area contributed by atoms with Crippen LogP contribution in [-0.4, -0.2) is 35.3 Å². The van der Waals surface area contributed by atoms with E-state index < -0.39 is 21.6 Å². The Hall–Kier alpha value is -2.39. The number of nitrogens with one attached hydrogen (secondary N) is 1. The van der Waals surface area contributed by atoms with E-state index in [4.69, 9.17) is 9.29 Å². The van der Waals surface area contributed by atoms with E-state index in [1.165, 1.54) is 12.1 Å². The lowest BCUT2D eigenvalue weighted by Crippen LogP contribution is -2.13. The van der Waals surface area contributed by atoms with Gasteiger partial charge in [0.1, 0.15) is 5.69 Å². The van der Waals surface area contributed by atoms with Crippen molar-refractivity contribution in [1.82, 2.24) is 9.78 Å². The maximum absolute atomic E-state index is 11.8. The van der Waals surface area contributed by atoms with Gasteiger partial charge in [0.05, 0.1) is 17.2 Å². The third kappa shape index (κ3) is 3.20. The molecular formula is C12H12N2O6S. The molecule has 8 nitrogen and oxygen atoms in total. The first kappa shape index (κ1) is 15.0. The minimum absolute atomic E-state index is 0.0132. The van der Waals surface area contributed by atoms with E-state index in [1.54, 1.807) is 6.92 Å². The largest absolute Gasteiger partial charge is 0.461 e. The van der Waals surface area contributed by atoms with Gasteiger partial charge in [-0.1, -0.05) is 0 Å². The van der Waals surface area contributed by atoms with Gasteiger partial charge >= 0.3 is 5.97 Å². The maximum Gasteiger partial charge on any atom is 0.356 e. The van der Waals surface area contributed by atoms with Crippen molar-refractivity contribution < 1.29 is 22.5 Å². The Balaban J connectivity index is 2.39. The van der Waals surface area contributed by atoms with Gasteiger partial charge in [-0.2, -0.15) is 8.42 Å². The first-order valence-electron chi connectivity index (χ1n) is 5.90. The van der Waals surface area contributed by atoms with Crippen molar-refractivity contribution in [3.8, 4) is 5.69 Å². The van der Waals surface area contributed by atoms with E-state index in [2.05, 4.69) is 5.10 Å². The van der Waals surface area contributed by atoms with Crippen LogP contribution in [0, 0.1) is 0 Å². The summed E-state index contributed by atoms with van der Waals surface area (Å²) in [7, 11) is -4.30. The molecule has 0 spiro atoms. The molecule has 1 aromatic heterocycles. The second-order valence-electron chi connectivity index (χ2n) is 4.03. The summed E-state index contributed by atoms with van der Waals surface area (Å²) >= 11 is 0. The fourth-order valence-corrected chi connectivity index (χ4v) is 2.15. The smallest absolute Gasteiger partial charge is 0.356 e. The van der Waals surface area contributed by atoms with Crippen LogP contribution in [0.4, 0.5) is 0 Å². The first-order valence-corrected chi connectivity index (χ1v) is 7.34. The summed E-state index contributed by atoms with van der Waals surface area (Å²) in [6.45, 7) is 1.82. The predicted octanol–water partition coefficient (Wildman–Crippen LogP) is 0.589. The Morgan fingerprint density at radius 3 is 2.48 bits per heavy atom. The number of carbonyl (C=O) groups excluding carboxylic acids is 1. The molecular weight excluding hydrogens is 300 g/mol. The molecule has 0 amide bonds. The van der Waals surface area contributed by atoms with Gasteiger partial charge in [-0.15, -0.1) is 0 Å². The molecule has 0 atom stereocenters. The molecule has 0 unspecified atom stereocenters. The molecule has 2 aromatic rings. The number of hydrogen-bond acceptors (Lipinski definition) is 5. The van der Waals surface area contributed by atoms with E-state index in [0.717, 1.165) is 22.9 Å². The van der Waals surface area contributed by atoms with Crippen LogP contribution < -0.4 is 5.56 Å². The lowest BCUT2D eigenvalue weighted by Gasteiger charge is -2.03. The highest BCUT2D eigenvalue weighted by atomic mass is 32.2. The van der Waals surface area contributed by atoms with E-state index in [9.17, 15) is 18.0 Å². The normalized spacial score (nSPS) is 11.3. The fraction of sp³-hybridized carbons (Fsp3) is 0.167. The lowest BCUT2D eigenvalue weighted by atomic mass is 10.3. The Kier molecular flexibility index (Phi) is 3.96. The van der Waals surface area contributed by atoms with Crippen molar-refractivity contribution >= 4 is 16.1 Å². The summed E-state index contributed by atoms with van der Waals surface area (Å²) in [6.07, 6.45) is 0. The standard InChI is InChI=1S/C12H12N2O6S/c1-2-20-12(16)10-7-11(15)14(13-10)8-3-5-9(6-4-8)21(17,18)19/h3-7,13H,2H2,1H3,(H,17,18,19). The number of benzene rings is 1. The Labute approximate surface area is 119 Å². The van der Waals surface area contributed by atoms with Gasteiger partial charge in [0.25, 0.3) is 15.7 Å².